The second kappa shape index (κ2) is 12.9. The predicted octanol–water partition coefficient (Wildman–Crippen LogP) is 3.20. The first-order valence-electron chi connectivity index (χ1n) is 12.5. The summed E-state index contributed by atoms with van der Waals surface area (Å²) in [4.78, 5) is 61.1. The van der Waals surface area contributed by atoms with Crippen LogP contribution in [0.4, 0.5) is 0 Å². The normalized spacial score (nSPS) is 25.7. The molecule has 198 valence electrons. The van der Waals surface area contributed by atoms with E-state index in [2.05, 4.69) is 0 Å². The summed E-state index contributed by atoms with van der Waals surface area (Å²) in [6.07, 6.45) is 3.73. The van der Waals surface area contributed by atoms with Crippen LogP contribution < -0.4 is 0 Å². The molecule has 0 heterocycles. The Labute approximate surface area is 205 Å². The fourth-order valence-corrected chi connectivity index (χ4v) is 4.58. The van der Waals surface area contributed by atoms with E-state index in [-0.39, 0.29) is 6.61 Å². The van der Waals surface area contributed by atoms with Crippen molar-refractivity contribution < 1.29 is 48.4 Å². The number of ether oxygens (including phenoxy) is 3. The lowest BCUT2D eigenvalue weighted by atomic mass is 9.79. The Morgan fingerprint density at radius 3 is 1.63 bits per heavy atom. The van der Waals surface area contributed by atoms with Gasteiger partial charge in [0.15, 0.2) is 6.10 Å². The minimum Gasteiger partial charge on any atom is -0.481 e. The van der Waals surface area contributed by atoms with Gasteiger partial charge in [0.05, 0.1) is 29.1 Å². The average Bonchev–Trinajstić information content (AvgIpc) is 2.84. The van der Waals surface area contributed by atoms with Crippen molar-refractivity contribution >= 4 is 29.8 Å². The van der Waals surface area contributed by atoms with E-state index >= 15 is 0 Å². The number of carbonyl (C=O) groups excluding carboxylic acids is 3. The molecule has 0 spiro atoms. The number of hydrogen-bond acceptors (Lipinski definition) is 8. The molecule has 2 saturated carbocycles. The highest BCUT2D eigenvalue weighted by Crippen LogP contribution is 2.33. The molecule has 35 heavy (non-hydrogen) atoms. The van der Waals surface area contributed by atoms with Crippen LogP contribution in [0.1, 0.15) is 78.6 Å². The molecule has 0 saturated heterocycles. The molecule has 0 aromatic carbocycles. The summed E-state index contributed by atoms with van der Waals surface area (Å²) in [6.45, 7) is 4.48. The molecule has 5 atom stereocenters. The van der Waals surface area contributed by atoms with Gasteiger partial charge in [0.2, 0.25) is 0 Å². The van der Waals surface area contributed by atoms with Gasteiger partial charge in [-0.2, -0.15) is 0 Å². The third-order valence-electron chi connectivity index (χ3n) is 7.30. The number of carboxylic acids is 2. The van der Waals surface area contributed by atoms with Crippen molar-refractivity contribution in [1.82, 2.24) is 0 Å². The number of aliphatic carboxylic acids is 2. The summed E-state index contributed by atoms with van der Waals surface area (Å²) in [5, 5.41) is 18.9. The number of hydrogen-bond donors (Lipinski definition) is 2. The van der Waals surface area contributed by atoms with Gasteiger partial charge in [-0.05, 0) is 46.0 Å². The molecule has 5 unspecified atom stereocenters. The minimum atomic E-state index is -1.13. The maximum Gasteiger partial charge on any atom is 0.311 e. The number of carbonyl (C=O) groups is 5. The van der Waals surface area contributed by atoms with Crippen LogP contribution in [0, 0.1) is 29.1 Å². The Morgan fingerprint density at radius 2 is 1.17 bits per heavy atom. The van der Waals surface area contributed by atoms with E-state index in [9.17, 15) is 34.2 Å². The second-order valence-corrected chi connectivity index (χ2v) is 10.2. The SMILES string of the molecule is CCC(C)(C)C(=O)OCC(COC(=O)C1CCCCC1C(=O)O)OC(=O)C1CCCCC1C(=O)O. The van der Waals surface area contributed by atoms with Gasteiger partial charge in [-0.3, -0.25) is 24.0 Å². The van der Waals surface area contributed by atoms with Gasteiger partial charge in [-0.25, -0.2) is 0 Å². The monoisotopic (exact) mass is 498 g/mol. The van der Waals surface area contributed by atoms with Crippen LogP contribution in [-0.4, -0.2) is 59.4 Å². The molecular weight excluding hydrogens is 460 g/mol. The van der Waals surface area contributed by atoms with Crippen LogP contribution in [0.15, 0.2) is 0 Å². The summed E-state index contributed by atoms with van der Waals surface area (Å²) >= 11 is 0. The fraction of sp³-hybridized carbons (Fsp3) is 0.800. The van der Waals surface area contributed by atoms with E-state index in [4.69, 9.17) is 14.2 Å². The van der Waals surface area contributed by atoms with Crippen molar-refractivity contribution in [2.24, 2.45) is 29.1 Å². The molecule has 2 N–H and O–H groups in total. The Morgan fingerprint density at radius 1 is 0.743 bits per heavy atom. The van der Waals surface area contributed by atoms with Gasteiger partial charge >= 0.3 is 29.8 Å². The summed E-state index contributed by atoms with van der Waals surface area (Å²) in [7, 11) is 0. The molecule has 2 aliphatic rings. The molecule has 0 bridgehead atoms. The van der Waals surface area contributed by atoms with Crippen LogP contribution >= 0.6 is 0 Å². The van der Waals surface area contributed by atoms with Gasteiger partial charge in [-0.1, -0.05) is 32.6 Å². The van der Waals surface area contributed by atoms with Crippen LogP contribution in [0.3, 0.4) is 0 Å². The zero-order valence-corrected chi connectivity index (χ0v) is 20.8. The smallest absolute Gasteiger partial charge is 0.311 e. The third kappa shape index (κ3) is 7.93. The van der Waals surface area contributed by atoms with Crippen LogP contribution in [0.25, 0.3) is 0 Å². The number of carboxylic acid groups (broad SMARTS) is 2. The zero-order valence-electron chi connectivity index (χ0n) is 20.8. The molecule has 10 heteroatoms. The lowest BCUT2D eigenvalue weighted by Gasteiger charge is -2.30. The van der Waals surface area contributed by atoms with Gasteiger partial charge in [0.25, 0.3) is 0 Å². The first-order chi connectivity index (χ1) is 16.5. The van der Waals surface area contributed by atoms with Crippen molar-refractivity contribution in [2.75, 3.05) is 13.2 Å². The third-order valence-corrected chi connectivity index (χ3v) is 7.30. The Kier molecular flexibility index (Phi) is 10.5. The molecular formula is C25H38O10. The average molecular weight is 499 g/mol. The van der Waals surface area contributed by atoms with E-state index in [0.29, 0.717) is 51.4 Å². The second-order valence-electron chi connectivity index (χ2n) is 10.2. The minimum absolute atomic E-state index is 0.362. The largest absolute Gasteiger partial charge is 0.481 e. The van der Waals surface area contributed by atoms with E-state index in [1.54, 1.807) is 13.8 Å². The summed E-state index contributed by atoms with van der Waals surface area (Å²) < 4.78 is 16.2. The number of rotatable bonds is 11. The van der Waals surface area contributed by atoms with Crippen molar-refractivity contribution in [3.05, 3.63) is 0 Å². The Balaban J connectivity index is 2.08. The topological polar surface area (TPSA) is 154 Å². The maximum absolute atomic E-state index is 12.9. The fourth-order valence-electron chi connectivity index (χ4n) is 4.58. The quantitative estimate of drug-likeness (QED) is 0.320. The van der Waals surface area contributed by atoms with Gasteiger partial charge in [-0.15, -0.1) is 0 Å². The molecule has 0 aromatic heterocycles. The highest BCUT2D eigenvalue weighted by molar-refractivity contribution is 5.82. The van der Waals surface area contributed by atoms with Crippen molar-refractivity contribution in [3.63, 3.8) is 0 Å². The van der Waals surface area contributed by atoms with Crippen LogP contribution in [0.5, 0.6) is 0 Å². The zero-order chi connectivity index (χ0) is 26.2. The lowest BCUT2D eigenvalue weighted by Crippen LogP contribution is -2.40. The number of esters is 3. The highest BCUT2D eigenvalue weighted by atomic mass is 16.6. The predicted molar refractivity (Wildman–Crippen MR) is 122 cm³/mol. The van der Waals surface area contributed by atoms with E-state index in [0.717, 1.165) is 6.42 Å². The molecule has 0 aliphatic heterocycles. The highest BCUT2D eigenvalue weighted by Gasteiger charge is 2.40. The van der Waals surface area contributed by atoms with Crippen molar-refractivity contribution in [2.45, 2.75) is 84.7 Å². The van der Waals surface area contributed by atoms with Gasteiger partial charge in [0.1, 0.15) is 13.2 Å². The van der Waals surface area contributed by atoms with E-state index in [1.165, 1.54) is 0 Å². The first kappa shape index (κ1) is 28.6. The van der Waals surface area contributed by atoms with Gasteiger partial charge < -0.3 is 24.4 Å². The molecule has 2 aliphatic carbocycles. The summed E-state index contributed by atoms with van der Waals surface area (Å²) in [5.41, 5.74) is -0.764. The molecule has 0 radical (unpaired) electrons. The lowest BCUT2D eigenvalue weighted by molar-refractivity contribution is -0.178. The first-order valence-corrected chi connectivity index (χ1v) is 12.5. The molecule has 2 rings (SSSR count). The van der Waals surface area contributed by atoms with Crippen molar-refractivity contribution in [3.8, 4) is 0 Å². The molecule has 2 fully saturated rings. The summed E-state index contributed by atoms with van der Waals surface area (Å²) in [6, 6.07) is 0. The molecule has 0 aromatic rings. The van der Waals surface area contributed by atoms with Crippen LogP contribution in [0.2, 0.25) is 0 Å². The van der Waals surface area contributed by atoms with Gasteiger partial charge in [0, 0.05) is 0 Å². The Bertz CT molecular complexity index is 789. The Hall–Kier alpha value is -2.65. The van der Waals surface area contributed by atoms with Crippen LogP contribution in [-0.2, 0) is 38.2 Å². The van der Waals surface area contributed by atoms with E-state index in [1.807, 2.05) is 6.92 Å². The molecule has 10 nitrogen and oxygen atoms in total. The van der Waals surface area contributed by atoms with E-state index < -0.39 is 71.6 Å². The maximum atomic E-state index is 12.9. The molecule has 0 amide bonds. The summed E-state index contributed by atoms with van der Waals surface area (Å²) in [5.74, 6) is -7.38. The standard InChI is InChI=1S/C25H38O10/c1-4-25(2,3)24(32)34-14-15(35-23(31)19-12-8-6-10-17(19)21(28)29)13-33-22(30)18-11-7-5-9-16(18)20(26)27/h15-19H,4-14H2,1-3H3,(H,26,27)(H,28,29). The van der Waals surface area contributed by atoms with Crippen molar-refractivity contribution in [1.29, 1.82) is 0 Å².